The molecule has 0 bridgehead atoms. The molecular formula is C12H7F3N2O2S. The van der Waals surface area contributed by atoms with Gasteiger partial charge in [-0.2, -0.15) is 0 Å². The van der Waals surface area contributed by atoms with Crippen molar-refractivity contribution in [2.24, 2.45) is 0 Å². The highest BCUT2D eigenvalue weighted by Crippen LogP contribution is 2.42. The standard InChI is InChI=1S/C12H7F3N2O2S/c13-7-8(14)10(16)11(17(18)19)12(9(7)15)20-6-4-2-1-3-5-6/h1-5H,16H2. The molecule has 2 rings (SSSR count). The monoisotopic (exact) mass is 300 g/mol. The number of rotatable bonds is 3. The van der Waals surface area contributed by atoms with Crippen LogP contribution in [0.5, 0.6) is 0 Å². The molecule has 2 aromatic carbocycles. The van der Waals surface area contributed by atoms with Gasteiger partial charge >= 0.3 is 5.69 Å². The first kappa shape index (κ1) is 14.2. The third-order valence-electron chi connectivity index (χ3n) is 2.44. The summed E-state index contributed by atoms with van der Waals surface area (Å²) in [6.45, 7) is 0. The molecule has 20 heavy (non-hydrogen) atoms. The summed E-state index contributed by atoms with van der Waals surface area (Å²) in [4.78, 5) is 9.64. The summed E-state index contributed by atoms with van der Waals surface area (Å²) in [5.41, 5.74) is 3.17. The number of nitrogen functional groups attached to an aromatic ring is 1. The molecule has 0 spiro atoms. The Morgan fingerprint density at radius 3 is 2.20 bits per heavy atom. The van der Waals surface area contributed by atoms with Crippen LogP contribution in [-0.4, -0.2) is 4.92 Å². The molecule has 8 heteroatoms. The van der Waals surface area contributed by atoms with Crippen molar-refractivity contribution >= 4 is 23.1 Å². The molecule has 2 N–H and O–H groups in total. The van der Waals surface area contributed by atoms with E-state index in [1.165, 1.54) is 0 Å². The van der Waals surface area contributed by atoms with Gasteiger partial charge in [-0.15, -0.1) is 0 Å². The van der Waals surface area contributed by atoms with Crippen LogP contribution in [0.15, 0.2) is 40.1 Å². The summed E-state index contributed by atoms with van der Waals surface area (Å²) in [5, 5.41) is 10.9. The first-order chi connectivity index (χ1) is 9.43. The second-order valence-electron chi connectivity index (χ2n) is 3.71. The van der Waals surface area contributed by atoms with Crippen LogP contribution < -0.4 is 5.73 Å². The fourth-order valence-electron chi connectivity index (χ4n) is 1.53. The largest absolute Gasteiger partial charge is 0.391 e. The van der Waals surface area contributed by atoms with E-state index in [0.717, 1.165) is 0 Å². The molecule has 0 aliphatic heterocycles. The molecule has 0 radical (unpaired) electrons. The first-order valence-electron chi connectivity index (χ1n) is 5.26. The van der Waals surface area contributed by atoms with Crippen molar-refractivity contribution in [3.8, 4) is 0 Å². The zero-order valence-electron chi connectivity index (χ0n) is 9.77. The zero-order valence-corrected chi connectivity index (χ0v) is 10.6. The summed E-state index contributed by atoms with van der Waals surface area (Å²) in [5.74, 6) is -5.21. The van der Waals surface area contributed by atoms with Crippen LogP contribution >= 0.6 is 11.8 Å². The Kier molecular flexibility index (Phi) is 3.84. The summed E-state index contributed by atoms with van der Waals surface area (Å²) >= 11 is 0.603. The van der Waals surface area contributed by atoms with Crippen LogP contribution in [0.4, 0.5) is 24.5 Å². The lowest BCUT2D eigenvalue weighted by Crippen LogP contribution is -2.06. The number of anilines is 1. The third kappa shape index (κ3) is 2.42. The van der Waals surface area contributed by atoms with Gasteiger partial charge in [0.05, 0.1) is 4.92 Å². The molecule has 0 saturated carbocycles. The molecule has 0 saturated heterocycles. The minimum absolute atomic E-state index is 0.430. The number of hydrogen-bond acceptors (Lipinski definition) is 4. The number of nitro benzene ring substituents is 1. The lowest BCUT2D eigenvalue weighted by Gasteiger charge is -2.08. The van der Waals surface area contributed by atoms with Crippen LogP contribution in [0.25, 0.3) is 0 Å². The fraction of sp³-hybridized carbons (Fsp3) is 0. The average Bonchev–Trinajstić information content (AvgIpc) is 2.43. The third-order valence-corrected chi connectivity index (χ3v) is 3.52. The van der Waals surface area contributed by atoms with Crippen LogP contribution in [0.3, 0.4) is 0 Å². The molecule has 4 nitrogen and oxygen atoms in total. The van der Waals surface area contributed by atoms with E-state index in [2.05, 4.69) is 0 Å². The van der Waals surface area contributed by atoms with Gasteiger partial charge in [-0.1, -0.05) is 30.0 Å². The Hall–Kier alpha value is -2.22. The number of nitrogens with zero attached hydrogens (tertiary/aromatic N) is 1. The normalized spacial score (nSPS) is 10.6. The second kappa shape index (κ2) is 5.41. The van der Waals surface area contributed by atoms with Crippen molar-refractivity contribution in [2.45, 2.75) is 9.79 Å². The summed E-state index contributed by atoms with van der Waals surface area (Å²) in [6, 6.07) is 8.02. The first-order valence-corrected chi connectivity index (χ1v) is 6.08. The molecule has 104 valence electrons. The topological polar surface area (TPSA) is 69.2 Å². The number of halogens is 3. The van der Waals surface area contributed by atoms with Gasteiger partial charge in [-0.3, -0.25) is 10.1 Å². The Balaban J connectivity index is 2.65. The predicted octanol–water partition coefficient (Wildman–Crippen LogP) is 3.75. The van der Waals surface area contributed by atoms with Gasteiger partial charge in [0.1, 0.15) is 4.90 Å². The van der Waals surface area contributed by atoms with E-state index >= 15 is 0 Å². The van der Waals surface area contributed by atoms with Gasteiger partial charge in [0, 0.05) is 4.90 Å². The molecule has 0 aliphatic rings. The lowest BCUT2D eigenvalue weighted by atomic mass is 10.2. The average molecular weight is 300 g/mol. The van der Waals surface area contributed by atoms with Gasteiger partial charge in [0.15, 0.2) is 23.1 Å². The highest BCUT2D eigenvalue weighted by atomic mass is 32.2. The van der Waals surface area contributed by atoms with Gasteiger partial charge < -0.3 is 5.73 Å². The van der Waals surface area contributed by atoms with E-state index in [4.69, 9.17) is 5.73 Å². The van der Waals surface area contributed by atoms with Gasteiger partial charge in [0.25, 0.3) is 0 Å². The predicted molar refractivity (Wildman–Crippen MR) is 67.9 cm³/mol. The maximum atomic E-state index is 13.8. The van der Waals surface area contributed by atoms with Gasteiger partial charge in [-0.05, 0) is 12.1 Å². The SMILES string of the molecule is Nc1c(F)c(F)c(F)c(Sc2ccccc2)c1[N+](=O)[O-]. The Bertz CT molecular complexity index is 680. The fourth-order valence-corrected chi connectivity index (χ4v) is 2.51. The summed E-state index contributed by atoms with van der Waals surface area (Å²) in [6.07, 6.45) is 0. The van der Waals surface area contributed by atoms with E-state index in [1.54, 1.807) is 30.3 Å². The molecule has 0 unspecified atom stereocenters. The minimum Gasteiger partial charge on any atom is -0.391 e. The quantitative estimate of drug-likeness (QED) is 0.406. The molecular weight excluding hydrogens is 293 g/mol. The van der Waals surface area contributed by atoms with Gasteiger partial charge in [0.2, 0.25) is 0 Å². The maximum Gasteiger partial charge on any atom is 0.312 e. The van der Waals surface area contributed by atoms with E-state index < -0.39 is 38.6 Å². The van der Waals surface area contributed by atoms with Crippen LogP contribution in [-0.2, 0) is 0 Å². The van der Waals surface area contributed by atoms with Crippen molar-refractivity contribution in [1.29, 1.82) is 0 Å². The van der Waals surface area contributed by atoms with E-state index in [1.807, 2.05) is 0 Å². The molecule has 2 aromatic rings. The van der Waals surface area contributed by atoms with Gasteiger partial charge in [-0.25, -0.2) is 13.2 Å². The highest BCUT2D eigenvalue weighted by molar-refractivity contribution is 7.99. The van der Waals surface area contributed by atoms with E-state index in [9.17, 15) is 23.3 Å². The summed E-state index contributed by atoms with van der Waals surface area (Å²) < 4.78 is 40.4. The number of benzene rings is 2. The Morgan fingerprint density at radius 2 is 1.65 bits per heavy atom. The van der Waals surface area contributed by atoms with Crippen molar-refractivity contribution in [1.82, 2.24) is 0 Å². The minimum atomic E-state index is -1.83. The lowest BCUT2D eigenvalue weighted by molar-refractivity contribution is -0.387. The molecule has 0 heterocycles. The van der Waals surface area contributed by atoms with Crippen molar-refractivity contribution in [2.75, 3.05) is 5.73 Å². The molecule has 0 aliphatic carbocycles. The molecule has 0 atom stereocenters. The number of nitrogens with two attached hydrogens (primary N) is 1. The molecule has 0 fully saturated rings. The maximum absolute atomic E-state index is 13.8. The summed E-state index contributed by atoms with van der Waals surface area (Å²) in [7, 11) is 0. The smallest absolute Gasteiger partial charge is 0.312 e. The van der Waals surface area contributed by atoms with Crippen molar-refractivity contribution in [3.05, 3.63) is 57.9 Å². The molecule has 0 aromatic heterocycles. The second-order valence-corrected chi connectivity index (χ2v) is 4.79. The van der Waals surface area contributed by atoms with Crippen molar-refractivity contribution < 1.29 is 18.1 Å². The highest BCUT2D eigenvalue weighted by Gasteiger charge is 2.31. The van der Waals surface area contributed by atoms with Crippen LogP contribution in [0.2, 0.25) is 0 Å². The van der Waals surface area contributed by atoms with Crippen LogP contribution in [0, 0.1) is 27.6 Å². The number of nitro groups is 1. The van der Waals surface area contributed by atoms with E-state index in [-0.39, 0.29) is 0 Å². The van der Waals surface area contributed by atoms with Crippen LogP contribution in [0.1, 0.15) is 0 Å². The van der Waals surface area contributed by atoms with Crippen molar-refractivity contribution in [3.63, 3.8) is 0 Å². The zero-order chi connectivity index (χ0) is 14.9. The Morgan fingerprint density at radius 1 is 1.05 bits per heavy atom. The molecule has 0 amide bonds. The Labute approximate surface area is 115 Å². The van der Waals surface area contributed by atoms with E-state index in [0.29, 0.717) is 16.7 Å². The number of hydrogen-bond donors (Lipinski definition) is 1.